The first kappa shape index (κ1) is 15.3. The number of ether oxygens (including phenoxy) is 1. The van der Waals surface area contributed by atoms with Gasteiger partial charge in [-0.2, -0.15) is 0 Å². The van der Waals surface area contributed by atoms with Crippen molar-refractivity contribution in [2.24, 2.45) is 0 Å². The number of carbonyl (C=O) groups is 1. The van der Waals surface area contributed by atoms with Gasteiger partial charge in [-0.05, 0) is 19.1 Å². The van der Waals surface area contributed by atoms with Gasteiger partial charge in [0, 0.05) is 5.02 Å². The molecule has 102 valence electrons. The molecule has 0 unspecified atom stereocenters. The molecular formula is C12H11ClO5S. The third-order valence-corrected chi connectivity index (χ3v) is 3.94. The Morgan fingerprint density at radius 1 is 1.47 bits per heavy atom. The Labute approximate surface area is 116 Å². The van der Waals surface area contributed by atoms with Crippen molar-refractivity contribution in [1.82, 2.24) is 0 Å². The average molecular weight is 303 g/mol. The number of carboxylic acid groups (broad SMARTS) is 1. The first-order valence-corrected chi connectivity index (χ1v) is 7.09. The van der Waals surface area contributed by atoms with Crippen molar-refractivity contribution >= 4 is 27.4 Å². The zero-order valence-corrected chi connectivity index (χ0v) is 11.8. The van der Waals surface area contributed by atoms with E-state index in [9.17, 15) is 13.2 Å². The van der Waals surface area contributed by atoms with Crippen molar-refractivity contribution in [1.29, 1.82) is 0 Å². The molecule has 1 N–H and O–H groups in total. The van der Waals surface area contributed by atoms with Gasteiger partial charge < -0.3 is 9.84 Å². The van der Waals surface area contributed by atoms with Gasteiger partial charge in [0.1, 0.15) is 16.2 Å². The lowest BCUT2D eigenvalue weighted by atomic mass is 10.2. The fraction of sp³-hybridized carbons (Fsp3) is 0.250. The van der Waals surface area contributed by atoms with Crippen molar-refractivity contribution in [2.75, 3.05) is 12.9 Å². The molecule has 0 saturated heterocycles. The van der Waals surface area contributed by atoms with Gasteiger partial charge in [-0.25, -0.2) is 13.2 Å². The minimum absolute atomic E-state index is 0.00114. The zero-order chi connectivity index (χ0) is 14.6. The highest BCUT2D eigenvalue weighted by Crippen LogP contribution is 2.32. The van der Waals surface area contributed by atoms with Crippen LogP contribution in [0.3, 0.4) is 0 Å². The summed E-state index contributed by atoms with van der Waals surface area (Å²) in [7, 11) is -2.60. The van der Waals surface area contributed by atoms with Gasteiger partial charge in [-0.3, -0.25) is 0 Å². The number of rotatable bonds is 4. The number of sulfone groups is 1. The third-order valence-electron chi connectivity index (χ3n) is 2.23. The van der Waals surface area contributed by atoms with Crippen LogP contribution >= 0.6 is 11.6 Å². The quantitative estimate of drug-likeness (QED) is 0.858. The molecule has 0 bridgehead atoms. The Morgan fingerprint density at radius 2 is 2.11 bits per heavy atom. The van der Waals surface area contributed by atoms with Crippen LogP contribution < -0.4 is 4.74 Å². The molecule has 0 amide bonds. The normalized spacial score (nSPS) is 10.5. The summed E-state index contributed by atoms with van der Waals surface area (Å²) in [6.07, 6.45) is 0. The summed E-state index contributed by atoms with van der Waals surface area (Å²) in [4.78, 5) is 10.8. The Morgan fingerprint density at radius 3 is 2.58 bits per heavy atom. The Bertz CT molecular complexity index is 667. The molecule has 0 aliphatic rings. The van der Waals surface area contributed by atoms with E-state index in [4.69, 9.17) is 21.4 Å². The largest absolute Gasteiger partial charge is 0.494 e. The smallest absolute Gasteiger partial charge is 0.339 e. The summed E-state index contributed by atoms with van der Waals surface area (Å²) in [5.74, 6) is 2.89. The third kappa shape index (κ3) is 3.40. The SMILES string of the molecule is CC#CCS(=O)(=O)c1cc(Cl)cc(C(=O)O)c1OC. The number of halogens is 1. The van der Waals surface area contributed by atoms with Crippen molar-refractivity contribution in [3.05, 3.63) is 22.7 Å². The highest BCUT2D eigenvalue weighted by molar-refractivity contribution is 7.91. The predicted octanol–water partition coefficient (Wildman–Crippen LogP) is 1.84. The molecule has 0 saturated carbocycles. The Hall–Kier alpha value is -1.71. The van der Waals surface area contributed by atoms with E-state index in [0.717, 1.165) is 12.1 Å². The number of benzene rings is 1. The molecule has 0 atom stereocenters. The number of methoxy groups -OCH3 is 1. The molecule has 1 rings (SSSR count). The molecule has 0 radical (unpaired) electrons. The Kier molecular flexibility index (Phi) is 4.81. The first-order valence-electron chi connectivity index (χ1n) is 5.06. The van der Waals surface area contributed by atoms with Crippen LogP contribution in [0.5, 0.6) is 5.75 Å². The fourth-order valence-electron chi connectivity index (χ4n) is 1.41. The average Bonchev–Trinajstić information content (AvgIpc) is 2.35. The molecule has 19 heavy (non-hydrogen) atoms. The van der Waals surface area contributed by atoms with Crippen LogP contribution in [0.1, 0.15) is 17.3 Å². The van der Waals surface area contributed by atoms with Crippen LogP contribution in [0.4, 0.5) is 0 Å². The van der Waals surface area contributed by atoms with Crippen molar-refractivity contribution in [2.45, 2.75) is 11.8 Å². The lowest BCUT2D eigenvalue weighted by Gasteiger charge is -2.11. The zero-order valence-electron chi connectivity index (χ0n) is 10.2. The maximum atomic E-state index is 12.1. The van der Waals surface area contributed by atoms with Crippen LogP contribution in [0, 0.1) is 11.8 Å². The topological polar surface area (TPSA) is 80.7 Å². The van der Waals surface area contributed by atoms with Crippen LogP contribution in [0.25, 0.3) is 0 Å². The number of hydrogen-bond donors (Lipinski definition) is 1. The maximum absolute atomic E-state index is 12.1. The highest BCUT2D eigenvalue weighted by Gasteiger charge is 2.25. The summed E-state index contributed by atoms with van der Waals surface area (Å²) >= 11 is 5.74. The summed E-state index contributed by atoms with van der Waals surface area (Å²) < 4.78 is 29.0. The molecule has 0 aliphatic carbocycles. The molecule has 0 aromatic heterocycles. The molecular weight excluding hydrogens is 292 g/mol. The molecule has 1 aromatic rings. The molecule has 0 fully saturated rings. The van der Waals surface area contributed by atoms with Crippen molar-refractivity contribution < 1.29 is 23.1 Å². The Balaban J connectivity index is 3.58. The van der Waals surface area contributed by atoms with E-state index in [2.05, 4.69) is 11.8 Å². The molecule has 5 nitrogen and oxygen atoms in total. The van der Waals surface area contributed by atoms with Crippen molar-refractivity contribution in [3.8, 4) is 17.6 Å². The number of aromatic carboxylic acids is 1. The minimum Gasteiger partial charge on any atom is -0.494 e. The van der Waals surface area contributed by atoms with Crippen LogP contribution in [0.15, 0.2) is 17.0 Å². The van der Waals surface area contributed by atoms with Gasteiger partial charge in [0.05, 0.1) is 7.11 Å². The van der Waals surface area contributed by atoms with Crippen molar-refractivity contribution in [3.63, 3.8) is 0 Å². The maximum Gasteiger partial charge on any atom is 0.339 e. The van der Waals surface area contributed by atoms with E-state index in [1.54, 1.807) is 0 Å². The monoisotopic (exact) mass is 302 g/mol. The van der Waals surface area contributed by atoms with Crippen LogP contribution in [-0.4, -0.2) is 32.4 Å². The first-order chi connectivity index (χ1) is 8.83. The van der Waals surface area contributed by atoms with Crippen LogP contribution in [-0.2, 0) is 9.84 Å². The second-order valence-electron chi connectivity index (χ2n) is 3.48. The van der Waals surface area contributed by atoms with E-state index in [0.29, 0.717) is 0 Å². The lowest BCUT2D eigenvalue weighted by Crippen LogP contribution is -2.10. The number of carboxylic acids is 1. The van der Waals surface area contributed by atoms with E-state index in [1.807, 2.05) is 0 Å². The number of hydrogen-bond acceptors (Lipinski definition) is 4. The summed E-state index contributed by atoms with van der Waals surface area (Å²) in [6.45, 7) is 1.51. The van der Waals surface area contributed by atoms with E-state index >= 15 is 0 Å². The van der Waals surface area contributed by atoms with Gasteiger partial charge in [-0.1, -0.05) is 17.5 Å². The van der Waals surface area contributed by atoms with Gasteiger partial charge in [0.2, 0.25) is 0 Å². The van der Waals surface area contributed by atoms with E-state index in [-0.39, 0.29) is 21.2 Å². The van der Waals surface area contributed by atoms with Gasteiger partial charge in [0.25, 0.3) is 0 Å². The fourth-order valence-corrected chi connectivity index (χ4v) is 2.97. The van der Waals surface area contributed by atoms with Gasteiger partial charge in [0.15, 0.2) is 15.6 Å². The van der Waals surface area contributed by atoms with E-state index in [1.165, 1.54) is 14.0 Å². The van der Waals surface area contributed by atoms with E-state index < -0.39 is 21.6 Å². The van der Waals surface area contributed by atoms with Crippen LogP contribution in [0.2, 0.25) is 5.02 Å². The van der Waals surface area contributed by atoms with Gasteiger partial charge >= 0.3 is 5.97 Å². The molecule has 0 spiro atoms. The predicted molar refractivity (Wildman–Crippen MR) is 70.5 cm³/mol. The molecule has 0 aliphatic heterocycles. The van der Waals surface area contributed by atoms with Gasteiger partial charge in [-0.15, -0.1) is 5.92 Å². The summed E-state index contributed by atoms with van der Waals surface area (Å²) in [5, 5.41) is 9.03. The molecule has 7 heteroatoms. The minimum atomic E-state index is -3.79. The summed E-state index contributed by atoms with van der Waals surface area (Å²) in [6, 6.07) is 2.28. The molecule has 0 heterocycles. The second kappa shape index (κ2) is 5.95. The second-order valence-corrected chi connectivity index (χ2v) is 5.87. The standard InChI is InChI=1S/C12H11ClO5S/c1-3-4-5-19(16,17)10-7-8(13)6-9(12(14)15)11(10)18-2/h6-7H,5H2,1-2H3,(H,14,15). The highest BCUT2D eigenvalue weighted by atomic mass is 35.5. The summed E-state index contributed by atoms with van der Waals surface area (Å²) in [5.41, 5.74) is -0.307. The lowest BCUT2D eigenvalue weighted by molar-refractivity contribution is 0.0693. The molecule has 1 aromatic carbocycles.